The third-order valence-electron chi connectivity index (χ3n) is 5.65. The maximum atomic E-state index is 13.0. The van der Waals surface area contributed by atoms with Crippen molar-refractivity contribution >= 4 is 35.0 Å². The highest BCUT2D eigenvalue weighted by atomic mass is 35.5. The van der Waals surface area contributed by atoms with Gasteiger partial charge in [0, 0.05) is 37.2 Å². The minimum absolute atomic E-state index is 0.122. The number of carbonyl (C=O) groups excluding carboxylic acids is 3. The van der Waals surface area contributed by atoms with E-state index in [0.29, 0.717) is 29.2 Å². The standard InChI is InChI=1S/C21H28ClN3O3/c1-2-23-19(26)17-13-14(9-10-18(17)22)24-20(27)15-7-3-4-8-16(15)21(28)25-11-5-6-12-25/h9-10,13,15-16H,2-8,11-12H2,1H3,(H,23,26)(H,24,27)/t15-,16+/m0/s1. The minimum Gasteiger partial charge on any atom is -0.352 e. The van der Waals surface area contributed by atoms with Gasteiger partial charge in [0.15, 0.2) is 0 Å². The zero-order valence-electron chi connectivity index (χ0n) is 16.3. The molecule has 2 N–H and O–H groups in total. The van der Waals surface area contributed by atoms with Gasteiger partial charge >= 0.3 is 0 Å². The van der Waals surface area contributed by atoms with Crippen molar-refractivity contribution in [2.45, 2.75) is 45.4 Å². The largest absolute Gasteiger partial charge is 0.352 e. The van der Waals surface area contributed by atoms with Crippen molar-refractivity contribution in [3.63, 3.8) is 0 Å². The van der Waals surface area contributed by atoms with Crippen molar-refractivity contribution < 1.29 is 14.4 Å². The number of likely N-dealkylation sites (tertiary alicyclic amines) is 1. The Bertz CT molecular complexity index is 746. The van der Waals surface area contributed by atoms with Crippen molar-refractivity contribution in [3.8, 4) is 0 Å². The molecule has 28 heavy (non-hydrogen) atoms. The van der Waals surface area contributed by atoms with E-state index in [2.05, 4.69) is 10.6 Å². The number of hydrogen-bond donors (Lipinski definition) is 2. The van der Waals surface area contributed by atoms with Gasteiger partial charge in [-0.15, -0.1) is 0 Å². The van der Waals surface area contributed by atoms with Crippen molar-refractivity contribution in [2.75, 3.05) is 25.0 Å². The van der Waals surface area contributed by atoms with Crippen molar-refractivity contribution in [2.24, 2.45) is 11.8 Å². The fourth-order valence-corrected chi connectivity index (χ4v) is 4.38. The van der Waals surface area contributed by atoms with E-state index in [0.717, 1.165) is 45.2 Å². The minimum atomic E-state index is -0.328. The number of carbonyl (C=O) groups is 3. The van der Waals surface area contributed by atoms with Gasteiger partial charge < -0.3 is 15.5 Å². The molecule has 2 aliphatic rings. The first-order valence-corrected chi connectivity index (χ1v) is 10.6. The summed E-state index contributed by atoms with van der Waals surface area (Å²) < 4.78 is 0. The van der Waals surface area contributed by atoms with Crippen LogP contribution in [0.2, 0.25) is 5.02 Å². The van der Waals surface area contributed by atoms with E-state index in [9.17, 15) is 14.4 Å². The predicted molar refractivity (Wildman–Crippen MR) is 109 cm³/mol. The third kappa shape index (κ3) is 4.66. The zero-order valence-corrected chi connectivity index (χ0v) is 17.1. The van der Waals surface area contributed by atoms with Crippen LogP contribution in [0.1, 0.15) is 55.8 Å². The average Bonchev–Trinajstić information content (AvgIpc) is 3.24. The molecule has 1 aliphatic heterocycles. The van der Waals surface area contributed by atoms with Crippen LogP contribution in [0.5, 0.6) is 0 Å². The highest BCUT2D eigenvalue weighted by molar-refractivity contribution is 6.34. The van der Waals surface area contributed by atoms with E-state index < -0.39 is 0 Å². The molecule has 2 fully saturated rings. The van der Waals surface area contributed by atoms with Crippen LogP contribution in [-0.4, -0.2) is 42.3 Å². The summed E-state index contributed by atoms with van der Waals surface area (Å²) in [5, 5.41) is 5.95. The first kappa shape index (κ1) is 20.6. The molecule has 3 amide bonds. The van der Waals surface area contributed by atoms with Gasteiger partial charge in [-0.05, 0) is 50.8 Å². The summed E-state index contributed by atoms with van der Waals surface area (Å²) in [5.74, 6) is -0.881. The first-order chi connectivity index (χ1) is 13.5. The van der Waals surface area contributed by atoms with Gasteiger partial charge in [0.25, 0.3) is 5.91 Å². The molecule has 0 aromatic heterocycles. The topological polar surface area (TPSA) is 78.5 Å². The maximum Gasteiger partial charge on any atom is 0.252 e. The van der Waals surface area contributed by atoms with Crippen LogP contribution in [0.3, 0.4) is 0 Å². The molecule has 1 aliphatic carbocycles. The van der Waals surface area contributed by atoms with E-state index in [1.54, 1.807) is 18.2 Å². The molecule has 1 heterocycles. The Morgan fingerprint density at radius 3 is 2.43 bits per heavy atom. The van der Waals surface area contributed by atoms with Crippen LogP contribution >= 0.6 is 11.6 Å². The highest BCUT2D eigenvalue weighted by Crippen LogP contribution is 2.33. The zero-order chi connectivity index (χ0) is 20.1. The van der Waals surface area contributed by atoms with Gasteiger partial charge in [0.05, 0.1) is 10.6 Å². The molecule has 0 radical (unpaired) electrons. The Labute approximate surface area is 171 Å². The lowest BCUT2D eigenvalue weighted by Crippen LogP contribution is -2.42. The fourth-order valence-electron chi connectivity index (χ4n) is 4.18. The average molecular weight is 406 g/mol. The summed E-state index contributed by atoms with van der Waals surface area (Å²) >= 11 is 6.13. The van der Waals surface area contributed by atoms with Crippen LogP contribution in [-0.2, 0) is 9.59 Å². The second-order valence-corrected chi connectivity index (χ2v) is 7.98. The number of hydrogen-bond acceptors (Lipinski definition) is 3. The molecule has 7 heteroatoms. The molecular formula is C21H28ClN3O3. The normalized spacial score (nSPS) is 22.0. The van der Waals surface area contributed by atoms with Gasteiger partial charge in [0.2, 0.25) is 11.8 Å². The van der Waals surface area contributed by atoms with Crippen LogP contribution < -0.4 is 10.6 Å². The number of halogens is 1. The molecule has 1 aromatic carbocycles. The van der Waals surface area contributed by atoms with Crippen LogP contribution in [0.4, 0.5) is 5.69 Å². The van der Waals surface area contributed by atoms with Crippen LogP contribution in [0.25, 0.3) is 0 Å². The summed E-state index contributed by atoms with van der Waals surface area (Å²) in [6, 6.07) is 4.88. The van der Waals surface area contributed by atoms with Gasteiger partial charge in [-0.3, -0.25) is 14.4 Å². The van der Waals surface area contributed by atoms with E-state index in [-0.39, 0.29) is 29.6 Å². The van der Waals surface area contributed by atoms with Gasteiger partial charge in [-0.1, -0.05) is 24.4 Å². The van der Waals surface area contributed by atoms with Crippen LogP contribution in [0, 0.1) is 11.8 Å². The van der Waals surface area contributed by atoms with E-state index in [4.69, 9.17) is 11.6 Å². The molecule has 1 saturated carbocycles. The van der Waals surface area contributed by atoms with Crippen LogP contribution in [0.15, 0.2) is 18.2 Å². The Morgan fingerprint density at radius 2 is 1.75 bits per heavy atom. The summed E-state index contributed by atoms with van der Waals surface area (Å²) in [7, 11) is 0. The van der Waals surface area contributed by atoms with E-state index in [1.165, 1.54) is 0 Å². The maximum absolute atomic E-state index is 13.0. The number of nitrogens with zero attached hydrogens (tertiary/aromatic N) is 1. The number of nitrogens with one attached hydrogen (secondary N) is 2. The molecule has 1 aromatic rings. The van der Waals surface area contributed by atoms with Gasteiger partial charge in [-0.25, -0.2) is 0 Å². The first-order valence-electron chi connectivity index (χ1n) is 10.2. The summed E-state index contributed by atoms with van der Waals surface area (Å²) in [6.07, 6.45) is 5.50. The number of benzene rings is 1. The molecule has 0 unspecified atom stereocenters. The molecule has 2 atom stereocenters. The quantitative estimate of drug-likeness (QED) is 0.787. The SMILES string of the molecule is CCNC(=O)c1cc(NC(=O)[C@H]2CCCC[C@H]2C(=O)N2CCCC2)ccc1Cl. The highest BCUT2D eigenvalue weighted by Gasteiger charge is 2.38. The van der Waals surface area contributed by atoms with Gasteiger partial charge in [0.1, 0.15) is 0 Å². The number of rotatable bonds is 5. The molecule has 1 saturated heterocycles. The molecular weight excluding hydrogens is 378 g/mol. The lowest BCUT2D eigenvalue weighted by Gasteiger charge is -2.32. The number of amides is 3. The summed E-state index contributed by atoms with van der Waals surface area (Å²) in [5.41, 5.74) is 0.850. The smallest absolute Gasteiger partial charge is 0.252 e. The third-order valence-corrected chi connectivity index (χ3v) is 5.98. The van der Waals surface area contributed by atoms with Gasteiger partial charge in [-0.2, -0.15) is 0 Å². The Hall–Kier alpha value is -2.08. The second-order valence-electron chi connectivity index (χ2n) is 7.57. The molecule has 3 rings (SSSR count). The Morgan fingerprint density at radius 1 is 1.07 bits per heavy atom. The lowest BCUT2D eigenvalue weighted by molar-refractivity contribution is -0.141. The fraction of sp³-hybridized carbons (Fsp3) is 0.571. The molecule has 0 spiro atoms. The molecule has 0 bridgehead atoms. The summed E-state index contributed by atoms with van der Waals surface area (Å²) in [4.78, 5) is 39.9. The Kier molecular flexibility index (Phi) is 6.94. The summed E-state index contributed by atoms with van der Waals surface area (Å²) in [6.45, 7) is 3.93. The lowest BCUT2D eigenvalue weighted by atomic mass is 9.77. The predicted octanol–water partition coefficient (Wildman–Crippen LogP) is 3.46. The Balaban J connectivity index is 1.72. The van der Waals surface area contributed by atoms with E-state index >= 15 is 0 Å². The van der Waals surface area contributed by atoms with E-state index in [1.807, 2.05) is 11.8 Å². The van der Waals surface area contributed by atoms with Crippen molar-refractivity contribution in [1.82, 2.24) is 10.2 Å². The monoisotopic (exact) mass is 405 g/mol. The molecule has 152 valence electrons. The van der Waals surface area contributed by atoms with Crippen molar-refractivity contribution in [1.29, 1.82) is 0 Å². The molecule has 6 nitrogen and oxygen atoms in total. The second kappa shape index (κ2) is 9.41. The van der Waals surface area contributed by atoms with Crippen molar-refractivity contribution in [3.05, 3.63) is 28.8 Å². The number of anilines is 1.